The monoisotopic (exact) mass is 643 g/mol. The molecule has 4 heterocycles. The molecule has 0 radical (unpaired) electrons. The van der Waals surface area contributed by atoms with Gasteiger partial charge in [0.1, 0.15) is 24.1 Å². The summed E-state index contributed by atoms with van der Waals surface area (Å²) in [6, 6.07) is 3.35. The number of carbonyl (C=O) groups excluding carboxylic acids is 4. The molecule has 1 saturated heterocycles. The molecule has 2 aromatic heterocycles. The maximum atomic E-state index is 14.2. The second-order valence-corrected chi connectivity index (χ2v) is 15.0. The molecular weight excluding hydrogens is 594 g/mol. The number of rotatable bonds is 5. The molecule has 2 aliphatic rings. The molecule has 2 bridgehead atoms. The number of hydrogen-bond donors (Lipinski definition) is 2. The van der Waals surface area contributed by atoms with Gasteiger partial charge < -0.3 is 15.5 Å². The van der Waals surface area contributed by atoms with E-state index in [1.54, 1.807) is 22.0 Å². The molecule has 0 unspecified atom stereocenters. The van der Waals surface area contributed by atoms with Gasteiger partial charge in [-0.15, -0.1) is 0 Å². The molecule has 0 aliphatic carbocycles. The topological polar surface area (TPSA) is 139 Å². The SMILES string of the molecule is CC(=O)c1nn2c3c(cc(-c4cnc(C)nc4)cc13)CCCCCCC(=O)NC[C@]1(C)C[C@@H](C(=O)NCCC(C)(C)C)N(C1)C(=O)C2. The summed E-state index contributed by atoms with van der Waals surface area (Å²) in [5.41, 5.74) is 3.34. The van der Waals surface area contributed by atoms with E-state index in [0.717, 1.165) is 54.3 Å². The first-order valence-corrected chi connectivity index (χ1v) is 16.9. The second-order valence-electron chi connectivity index (χ2n) is 15.0. The summed E-state index contributed by atoms with van der Waals surface area (Å²) in [5.74, 6) is 0.0437. The predicted octanol–water partition coefficient (Wildman–Crippen LogP) is 4.79. The fraction of sp³-hybridized carbons (Fsp3) is 0.583. The lowest BCUT2D eigenvalue weighted by Crippen LogP contribution is -2.47. The van der Waals surface area contributed by atoms with Crippen LogP contribution in [0, 0.1) is 17.8 Å². The van der Waals surface area contributed by atoms with Crippen LogP contribution in [0.4, 0.5) is 0 Å². The van der Waals surface area contributed by atoms with Crippen molar-refractivity contribution in [3.8, 4) is 11.1 Å². The van der Waals surface area contributed by atoms with Crippen LogP contribution in [-0.4, -0.2) is 73.8 Å². The van der Waals surface area contributed by atoms with Crippen molar-refractivity contribution in [3.63, 3.8) is 0 Å². The van der Waals surface area contributed by atoms with E-state index >= 15 is 0 Å². The van der Waals surface area contributed by atoms with Crippen molar-refractivity contribution in [2.45, 2.75) is 105 Å². The molecular formula is C36H49N7O4. The summed E-state index contributed by atoms with van der Waals surface area (Å²) in [6.07, 6.45) is 9.46. The number of ketones is 1. The van der Waals surface area contributed by atoms with E-state index in [2.05, 4.69) is 47.4 Å². The van der Waals surface area contributed by atoms with Crippen molar-refractivity contribution in [1.29, 1.82) is 0 Å². The average molecular weight is 644 g/mol. The Kier molecular flexibility index (Phi) is 10.1. The van der Waals surface area contributed by atoms with Crippen molar-refractivity contribution >= 4 is 34.4 Å². The molecule has 11 nitrogen and oxygen atoms in total. The normalized spacial score (nSPS) is 21.4. The summed E-state index contributed by atoms with van der Waals surface area (Å²) < 4.78 is 1.66. The minimum Gasteiger partial charge on any atom is -0.355 e. The standard InChI is InChI=1S/C36H49N7O4/c1-23(44)32-28-16-26(27-18-38-24(2)39-19-27)15-25-11-9-7-8-10-12-30(45)40-21-36(6)17-29(34(47)37-14-13-35(3,4)5)42(22-36)31(46)20-43(41-32)33(25)28/h15-16,18-19,29H,7-14,17,20-22H2,1-6H3,(H,37,47)(H,40,45)/t29-,36-/m0/s1. The Bertz CT molecular complexity index is 1660. The number of hydrogen-bond acceptors (Lipinski definition) is 7. The first-order chi connectivity index (χ1) is 22.2. The lowest BCUT2D eigenvalue weighted by Gasteiger charge is -2.26. The number of nitrogens with one attached hydrogen (secondary N) is 2. The molecule has 11 heteroatoms. The van der Waals surface area contributed by atoms with E-state index in [4.69, 9.17) is 5.10 Å². The van der Waals surface area contributed by atoms with Crippen molar-refractivity contribution in [1.82, 2.24) is 35.3 Å². The molecule has 0 saturated carbocycles. The van der Waals surface area contributed by atoms with Crippen molar-refractivity contribution in [2.75, 3.05) is 19.6 Å². The first-order valence-electron chi connectivity index (χ1n) is 16.9. The number of fused-ring (bicyclic) bond motifs is 2. The zero-order valence-corrected chi connectivity index (χ0v) is 28.7. The third-order valence-corrected chi connectivity index (χ3v) is 9.38. The Morgan fingerprint density at radius 2 is 1.74 bits per heavy atom. The Balaban J connectivity index is 1.55. The zero-order valence-electron chi connectivity index (χ0n) is 28.7. The van der Waals surface area contributed by atoms with E-state index in [1.165, 1.54) is 6.92 Å². The number of Topliss-reactive ketones (excluding diaryl/α,β-unsaturated/α-hetero) is 1. The number of benzene rings is 1. The molecule has 3 amide bonds. The largest absolute Gasteiger partial charge is 0.355 e. The van der Waals surface area contributed by atoms with Crippen molar-refractivity contribution in [3.05, 3.63) is 41.6 Å². The number of amides is 3. The molecule has 2 atom stereocenters. The maximum Gasteiger partial charge on any atom is 0.245 e. The van der Waals surface area contributed by atoms with Crippen LogP contribution in [0.3, 0.4) is 0 Å². The quantitative estimate of drug-likeness (QED) is 0.381. The Morgan fingerprint density at radius 1 is 1.04 bits per heavy atom. The Labute approximate surface area is 277 Å². The van der Waals surface area contributed by atoms with Gasteiger partial charge in [-0.2, -0.15) is 5.10 Å². The van der Waals surface area contributed by atoms with Gasteiger partial charge in [0.15, 0.2) is 5.78 Å². The summed E-state index contributed by atoms with van der Waals surface area (Å²) in [6.45, 7) is 12.8. The van der Waals surface area contributed by atoms with Crippen LogP contribution in [0.25, 0.3) is 22.0 Å². The predicted molar refractivity (Wildman–Crippen MR) is 181 cm³/mol. The highest BCUT2D eigenvalue weighted by molar-refractivity contribution is 6.07. The van der Waals surface area contributed by atoms with Gasteiger partial charge in [0.2, 0.25) is 17.7 Å². The van der Waals surface area contributed by atoms with Crippen LogP contribution in [0.15, 0.2) is 24.5 Å². The number of carbonyl (C=O) groups is 4. The summed E-state index contributed by atoms with van der Waals surface area (Å²) in [5, 5.41) is 11.6. The number of aryl methyl sites for hydroxylation is 2. The summed E-state index contributed by atoms with van der Waals surface area (Å²) >= 11 is 0. The van der Waals surface area contributed by atoms with Crippen LogP contribution in [-0.2, 0) is 27.3 Å². The first kappa shape index (κ1) is 34.2. The Hall–Kier alpha value is -4.15. The van der Waals surface area contributed by atoms with Gasteiger partial charge in [0, 0.05) is 61.7 Å². The molecule has 1 fully saturated rings. The van der Waals surface area contributed by atoms with Crippen molar-refractivity contribution < 1.29 is 19.2 Å². The van der Waals surface area contributed by atoms with Gasteiger partial charge in [-0.1, -0.05) is 40.5 Å². The van der Waals surface area contributed by atoms with E-state index in [0.29, 0.717) is 55.8 Å². The highest BCUT2D eigenvalue weighted by Crippen LogP contribution is 2.36. The van der Waals surface area contributed by atoms with Crippen LogP contribution in [0.1, 0.15) is 101 Å². The molecule has 1 aromatic carbocycles. The Morgan fingerprint density at radius 3 is 2.43 bits per heavy atom. The van der Waals surface area contributed by atoms with Crippen molar-refractivity contribution in [2.24, 2.45) is 10.8 Å². The van der Waals surface area contributed by atoms with E-state index in [9.17, 15) is 19.2 Å². The zero-order chi connectivity index (χ0) is 33.9. The average Bonchev–Trinajstić information content (AvgIpc) is 3.55. The van der Waals surface area contributed by atoms with Gasteiger partial charge in [0.25, 0.3) is 0 Å². The lowest BCUT2D eigenvalue weighted by molar-refractivity contribution is -0.139. The van der Waals surface area contributed by atoms with Gasteiger partial charge >= 0.3 is 0 Å². The molecule has 252 valence electrons. The maximum absolute atomic E-state index is 14.2. The van der Waals surface area contributed by atoms with E-state index < -0.39 is 11.5 Å². The lowest BCUT2D eigenvalue weighted by atomic mass is 9.87. The van der Waals surface area contributed by atoms with Gasteiger partial charge in [0.05, 0.1) is 5.52 Å². The van der Waals surface area contributed by atoms with Crippen LogP contribution < -0.4 is 10.6 Å². The second kappa shape index (κ2) is 13.9. The molecule has 0 spiro atoms. The highest BCUT2D eigenvalue weighted by atomic mass is 16.2. The smallest absolute Gasteiger partial charge is 0.245 e. The molecule has 2 aliphatic heterocycles. The fourth-order valence-electron chi connectivity index (χ4n) is 6.72. The molecule has 2 N–H and O–H groups in total. The summed E-state index contributed by atoms with van der Waals surface area (Å²) in [4.78, 5) is 63.9. The highest BCUT2D eigenvalue weighted by Gasteiger charge is 2.46. The van der Waals surface area contributed by atoms with Crippen LogP contribution >= 0.6 is 0 Å². The summed E-state index contributed by atoms with van der Waals surface area (Å²) in [7, 11) is 0. The molecule has 3 aromatic rings. The van der Waals surface area contributed by atoms with Gasteiger partial charge in [-0.3, -0.25) is 23.9 Å². The molecule has 47 heavy (non-hydrogen) atoms. The fourth-order valence-corrected chi connectivity index (χ4v) is 6.72. The van der Waals surface area contributed by atoms with E-state index in [-0.39, 0.29) is 35.5 Å². The van der Waals surface area contributed by atoms with Gasteiger partial charge in [-0.05, 0) is 67.7 Å². The van der Waals surface area contributed by atoms with Crippen LogP contribution in [0.2, 0.25) is 0 Å². The minimum absolute atomic E-state index is 0.00174. The number of aromatic nitrogens is 4. The molecule has 5 rings (SSSR count). The van der Waals surface area contributed by atoms with Crippen LogP contribution in [0.5, 0.6) is 0 Å². The number of nitrogens with zero attached hydrogens (tertiary/aromatic N) is 5. The van der Waals surface area contributed by atoms with Gasteiger partial charge in [-0.25, -0.2) is 9.97 Å². The van der Waals surface area contributed by atoms with E-state index in [1.807, 2.05) is 19.9 Å². The third kappa shape index (κ3) is 8.23. The third-order valence-electron chi connectivity index (χ3n) is 9.38. The minimum atomic E-state index is -0.676.